The number of aryl methyl sites for hydroxylation is 2. The molecule has 3 aromatic rings. The van der Waals surface area contributed by atoms with Gasteiger partial charge in [-0.3, -0.25) is 9.91 Å². The summed E-state index contributed by atoms with van der Waals surface area (Å²) in [5, 5.41) is 6.85. The van der Waals surface area contributed by atoms with Crippen molar-refractivity contribution in [2.45, 2.75) is 27.0 Å². The number of ether oxygens (including phenoxy) is 2. The van der Waals surface area contributed by atoms with Crippen LogP contribution in [0.15, 0.2) is 71.8 Å². The molecule has 0 spiro atoms. The first-order valence-electron chi connectivity index (χ1n) is 11.5. The third-order valence-electron chi connectivity index (χ3n) is 6.04. The molecule has 0 aromatic heterocycles. The number of methoxy groups -OCH3 is 1. The van der Waals surface area contributed by atoms with Gasteiger partial charge in [0, 0.05) is 32.7 Å². The summed E-state index contributed by atoms with van der Waals surface area (Å²) < 4.78 is 11.5. The van der Waals surface area contributed by atoms with Gasteiger partial charge in [-0.05, 0) is 54.3 Å². The van der Waals surface area contributed by atoms with Crippen LogP contribution in [-0.2, 0) is 13.2 Å². The van der Waals surface area contributed by atoms with Crippen LogP contribution < -0.4 is 9.47 Å². The van der Waals surface area contributed by atoms with Crippen molar-refractivity contribution in [3.63, 3.8) is 0 Å². The van der Waals surface area contributed by atoms with E-state index in [0.717, 1.165) is 49.6 Å². The zero-order chi connectivity index (χ0) is 23.0. The lowest BCUT2D eigenvalue weighted by Crippen LogP contribution is -2.43. The summed E-state index contributed by atoms with van der Waals surface area (Å²) in [6, 6.07) is 22.8. The molecule has 0 amide bonds. The highest BCUT2D eigenvalue weighted by atomic mass is 16.5. The molecule has 33 heavy (non-hydrogen) atoms. The third-order valence-corrected chi connectivity index (χ3v) is 6.04. The highest BCUT2D eigenvalue weighted by Gasteiger charge is 2.16. The Morgan fingerprint density at radius 1 is 0.879 bits per heavy atom. The molecule has 172 valence electrons. The molecule has 0 radical (unpaired) electrons. The Bertz CT molecular complexity index is 1070. The van der Waals surface area contributed by atoms with Crippen LogP contribution in [-0.4, -0.2) is 49.4 Å². The van der Waals surface area contributed by atoms with Crippen LogP contribution in [0.1, 0.15) is 27.8 Å². The van der Waals surface area contributed by atoms with E-state index < -0.39 is 0 Å². The topological polar surface area (TPSA) is 37.3 Å². The van der Waals surface area contributed by atoms with Crippen molar-refractivity contribution in [3.8, 4) is 11.5 Å². The average molecular weight is 444 g/mol. The van der Waals surface area contributed by atoms with Gasteiger partial charge in [-0.1, -0.05) is 54.1 Å². The maximum absolute atomic E-state index is 5.95. The van der Waals surface area contributed by atoms with Crippen molar-refractivity contribution in [2.75, 3.05) is 33.3 Å². The lowest BCUT2D eigenvalue weighted by atomic mass is 10.1. The Morgan fingerprint density at radius 2 is 1.67 bits per heavy atom. The molecule has 1 saturated heterocycles. The quantitative estimate of drug-likeness (QED) is 0.457. The summed E-state index contributed by atoms with van der Waals surface area (Å²) >= 11 is 0. The molecule has 0 bridgehead atoms. The van der Waals surface area contributed by atoms with E-state index in [4.69, 9.17) is 14.6 Å². The molecule has 3 aromatic carbocycles. The van der Waals surface area contributed by atoms with Gasteiger partial charge in [0.05, 0.1) is 13.3 Å². The van der Waals surface area contributed by atoms with Crippen molar-refractivity contribution >= 4 is 6.21 Å². The van der Waals surface area contributed by atoms with Gasteiger partial charge in [-0.2, -0.15) is 5.10 Å². The largest absolute Gasteiger partial charge is 0.493 e. The molecule has 5 heteroatoms. The van der Waals surface area contributed by atoms with E-state index in [2.05, 4.69) is 54.1 Å². The van der Waals surface area contributed by atoms with Gasteiger partial charge in [0.1, 0.15) is 6.61 Å². The number of piperazine rings is 1. The van der Waals surface area contributed by atoms with E-state index in [1.54, 1.807) is 7.11 Å². The second-order valence-corrected chi connectivity index (χ2v) is 8.59. The molecule has 1 heterocycles. The Morgan fingerprint density at radius 3 is 2.39 bits per heavy atom. The number of hydrogen-bond acceptors (Lipinski definition) is 5. The van der Waals surface area contributed by atoms with E-state index >= 15 is 0 Å². The van der Waals surface area contributed by atoms with Crippen molar-refractivity contribution in [2.24, 2.45) is 5.10 Å². The number of hydrogen-bond donors (Lipinski definition) is 0. The monoisotopic (exact) mass is 443 g/mol. The smallest absolute Gasteiger partial charge is 0.161 e. The molecule has 0 aliphatic carbocycles. The number of nitrogens with zero attached hydrogens (tertiary/aromatic N) is 3. The SMILES string of the molecule is COc1cc(/C=N\N2CCN(Cc3ccc(C)cc3C)CC2)ccc1OCc1ccccc1. The summed E-state index contributed by atoms with van der Waals surface area (Å²) in [5.41, 5.74) is 6.24. The van der Waals surface area contributed by atoms with Crippen LogP contribution >= 0.6 is 0 Å². The van der Waals surface area contributed by atoms with Gasteiger partial charge < -0.3 is 9.47 Å². The Kier molecular flexibility index (Phi) is 7.63. The molecule has 0 unspecified atom stereocenters. The average Bonchev–Trinajstić information content (AvgIpc) is 2.85. The minimum absolute atomic E-state index is 0.511. The van der Waals surface area contributed by atoms with Gasteiger partial charge in [-0.15, -0.1) is 0 Å². The number of benzene rings is 3. The molecule has 1 aliphatic heterocycles. The molecule has 4 rings (SSSR count). The molecule has 0 atom stereocenters. The maximum Gasteiger partial charge on any atom is 0.161 e. The normalized spacial score (nSPS) is 14.6. The predicted octanol–water partition coefficient (Wildman–Crippen LogP) is 5.04. The van der Waals surface area contributed by atoms with Crippen LogP contribution in [0.25, 0.3) is 0 Å². The fourth-order valence-electron chi connectivity index (χ4n) is 4.04. The minimum atomic E-state index is 0.511. The van der Waals surface area contributed by atoms with Crippen molar-refractivity contribution in [1.29, 1.82) is 0 Å². The first kappa shape index (κ1) is 22.9. The predicted molar refractivity (Wildman–Crippen MR) is 134 cm³/mol. The van der Waals surface area contributed by atoms with Gasteiger partial charge >= 0.3 is 0 Å². The molecule has 0 saturated carbocycles. The summed E-state index contributed by atoms with van der Waals surface area (Å²) in [6.45, 7) is 9.75. The molecule has 1 fully saturated rings. The maximum atomic E-state index is 5.95. The third kappa shape index (κ3) is 6.36. The first-order valence-corrected chi connectivity index (χ1v) is 11.5. The Labute approximate surface area is 197 Å². The van der Waals surface area contributed by atoms with Crippen LogP contribution in [0.4, 0.5) is 0 Å². The van der Waals surface area contributed by atoms with E-state index in [0.29, 0.717) is 12.4 Å². The summed E-state index contributed by atoms with van der Waals surface area (Å²) in [5.74, 6) is 1.45. The summed E-state index contributed by atoms with van der Waals surface area (Å²) in [6.07, 6.45) is 1.91. The van der Waals surface area contributed by atoms with Crippen LogP contribution in [0.2, 0.25) is 0 Å². The number of hydrazone groups is 1. The highest BCUT2D eigenvalue weighted by Crippen LogP contribution is 2.28. The molecular weight excluding hydrogens is 410 g/mol. The van der Waals surface area contributed by atoms with Gasteiger partial charge in [-0.25, -0.2) is 0 Å². The van der Waals surface area contributed by atoms with Gasteiger partial charge in [0.15, 0.2) is 11.5 Å². The van der Waals surface area contributed by atoms with Crippen LogP contribution in [0.5, 0.6) is 11.5 Å². The fraction of sp³-hybridized carbons (Fsp3) is 0.321. The Balaban J connectivity index is 1.30. The van der Waals surface area contributed by atoms with E-state index in [1.807, 2.05) is 42.6 Å². The van der Waals surface area contributed by atoms with Gasteiger partial charge in [0.25, 0.3) is 0 Å². The number of rotatable bonds is 8. The Hall–Kier alpha value is -3.31. The van der Waals surface area contributed by atoms with Crippen molar-refractivity contribution in [1.82, 2.24) is 9.91 Å². The zero-order valence-corrected chi connectivity index (χ0v) is 19.8. The van der Waals surface area contributed by atoms with E-state index in [1.165, 1.54) is 16.7 Å². The van der Waals surface area contributed by atoms with Crippen LogP contribution in [0, 0.1) is 13.8 Å². The van der Waals surface area contributed by atoms with Gasteiger partial charge in [0.2, 0.25) is 0 Å². The van der Waals surface area contributed by atoms with E-state index in [-0.39, 0.29) is 0 Å². The lowest BCUT2D eigenvalue weighted by molar-refractivity contribution is 0.131. The van der Waals surface area contributed by atoms with Crippen molar-refractivity contribution in [3.05, 3.63) is 94.5 Å². The summed E-state index contributed by atoms with van der Waals surface area (Å²) in [7, 11) is 1.67. The zero-order valence-electron chi connectivity index (χ0n) is 19.8. The molecule has 5 nitrogen and oxygen atoms in total. The van der Waals surface area contributed by atoms with E-state index in [9.17, 15) is 0 Å². The lowest BCUT2D eigenvalue weighted by Gasteiger charge is -2.33. The first-order chi connectivity index (χ1) is 16.1. The second kappa shape index (κ2) is 11.0. The summed E-state index contributed by atoms with van der Waals surface area (Å²) in [4.78, 5) is 2.51. The fourth-order valence-corrected chi connectivity index (χ4v) is 4.04. The molecular formula is C28H33N3O2. The standard InChI is InChI=1S/C28H33N3O2/c1-22-9-11-26(23(2)17-22)20-30-13-15-31(16-14-30)29-19-25-10-12-27(28(18-25)32-3)33-21-24-7-5-4-6-8-24/h4-12,17-19H,13-16,20-21H2,1-3H3/b29-19-. The molecule has 0 N–H and O–H groups in total. The van der Waals surface area contributed by atoms with Crippen LogP contribution in [0.3, 0.4) is 0 Å². The molecule has 1 aliphatic rings. The second-order valence-electron chi connectivity index (χ2n) is 8.59. The minimum Gasteiger partial charge on any atom is -0.493 e. The highest BCUT2D eigenvalue weighted by molar-refractivity contribution is 5.80. The van der Waals surface area contributed by atoms with Crippen molar-refractivity contribution < 1.29 is 9.47 Å².